The summed E-state index contributed by atoms with van der Waals surface area (Å²) in [6.07, 6.45) is 14.3. The number of nitrogens with two attached hydrogens (primary N) is 1. The molecule has 6 heteroatoms. The van der Waals surface area contributed by atoms with Gasteiger partial charge in [0, 0.05) is 0 Å². The van der Waals surface area contributed by atoms with Gasteiger partial charge in [-0.05, 0) is 0 Å². The van der Waals surface area contributed by atoms with Gasteiger partial charge in [-0.2, -0.15) is 0 Å². The Hall–Kier alpha value is 0.536. The molecule has 126 valence electrons. The minimum Gasteiger partial charge on any atom is -0.481 e. The number of carboxylic acids is 2. The van der Waals surface area contributed by atoms with Crippen LogP contribution in [0.4, 0.5) is 0 Å². The van der Waals surface area contributed by atoms with Crippen LogP contribution >= 0.6 is 0 Å². The van der Waals surface area contributed by atoms with Crippen molar-refractivity contribution in [3.63, 3.8) is 0 Å². The average molecular weight is 342 g/mol. The monoisotopic (exact) mass is 341 g/mol. The molecule has 0 saturated heterocycles. The fourth-order valence-corrected chi connectivity index (χ4v) is 2.79. The van der Waals surface area contributed by atoms with Crippen LogP contribution in [0.25, 0.3) is 0 Å². The molecule has 0 heterocycles. The Balaban J connectivity index is 0. The first-order chi connectivity index (χ1) is 10.5. The molecule has 0 aromatic carbocycles. The third kappa shape index (κ3) is 22.8. The molecule has 0 aliphatic carbocycles. The van der Waals surface area contributed by atoms with Gasteiger partial charge in [-0.1, -0.05) is 0 Å². The number of aliphatic carboxylic acids is 2. The molecule has 0 aliphatic rings. The minimum atomic E-state index is -1.29. The number of carbonyl (C=O) groups is 2. The van der Waals surface area contributed by atoms with E-state index in [4.69, 9.17) is 15.9 Å². The van der Waals surface area contributed by atoms with Crippen LogP contribution in [0.5, 0.6) is 0 Å². The molecule has 0 amide bonds. The van der Waals surface area contributed by atoms with Crippen LogP contribution in [-0.4, -0.2) is 77.1 Å². The van der Waals surface area contributed by atoms with Crippen molar-refractivity contribution in [2.75, 3.05) is 0 Å². The number of rotatable bonds is 13. The summed E-state index contributed by atoms with van der Waals surface area (Å²) in [4.78, 5) is 19.6. The molecule has 0 radical (unpaired) electrons. The van der Waals surface area contributed by atoms with Crippen molar-refractivity contribution in [2.45, 2.75) is 84.1 Å². The second-order valence-electron chi connectivity index (χ2n) is 5.72. The fourth-order valence-electron chi connectivity index (χ4n) is 2.01. The van der Waals surface area contributed by atoms with Gasteiger partial charge in [0.15, 0.2) is 0 Å². The van der Waals surface area contributed by atoms with Gasteiger partial charge in [-0.15, -0.1) is 0 Å². The molecular weight excluding hydrogens is 309 g/mol. The van der Waals surface area contributed by atoms with Crippen molar-refractivity contribution in [3.05, 3.63) is 0 Å². The maximum atomic E-state index is 9.85. The molecule has 0 bridgehead atoms. The van der Waals surface area contributed by atoms with Gasteiger partial charge in [0.25, 0.3) is 0 Å². The minimum absolute atomic E-state index is 0.532. The zero-order valence-corrected chi connectivity index (χ0v) is 17.5. The van der Waals surface area contributed by atoms with Crippen LogP contribution in [0, 0.1) is 0 Å². The molecule has 5 nitrogen and oxygen atoms in total. The van der Waals surface area contributed by atoms with Crippen LogP contribution in [0.1, 0.15) is 77.6 Å². The van der Waals surface area contributed by atoms with Crippen LogP contribution in [0.3, 0.4) is 0 Å². The average Bonchev–Trinajstić information content (AvgIpc) is 2.45. The number of hydrogen-bond acceptors (Lipinski definition) is 3. The van der Waals surface area contributed by atoms with Gasteiger partial charge in [0.1, 0.15) is 6.04 Å². The predicted molar refractivity (Wildman–Crippen MR) is 90.3 cm³/mol. The third-order valence-electron chi connectivity index (χ3n) is 3.42. The number of hydrogen-bond donors (Lipinski definition) is 3. The molecule has 0 fully saturated rings. The maximum absolute atomic E-state index is 9.85. The third-order valence-corrected chi connectivity index (χ3v) is 4.52. The Bertz CT molecular complexity index is 265. The largest absolute Gasteiger partial charge is 0.481 e. The molecule has 4 N–H and O–H groups in total. The Kier molecular flexibility index (Phi) is 22.1. The number of unbranched alkanes of at least 4 members (excludes halogenated alkanes) is 9. The second kappa shape index (κ2) is 19.6. The summed E-state index contributed by atoms with van der Waals surface area (Å²) in [7, 11) is 0. The van der Waals surface area contributed by atoms with Crippen LogP contribution in [-0.2, 0) is 9.59 Å². The first kappa shape index (κ1) is 24.8. The molecule has 22 heavy (non-hydrogen) atoms. The molecule has 0 saturated carbocycles. The van der Waals surface area contributed by atoms with Crippen LogP contribution in [0.2, 0.25) is 0.515 Å². The maximum Gasteiger partial charge on any atom is 0.321 e. The first-order valence-corrected chi connectivity index (χ1v) is 10.9. The van der Waals surface area contributed by atoms with Crippen molar-refractivity contribution in [3.8, 4) is 0 Å². The van der Waals surface area contributed by atoms with E-state index in [1.165, 1.54) is 64.2 Å². The molecular formula is C16H32KNO4. The molecule has 1 atom stereocenters. The molecule has 0 aromatic heterocycles. The Labute approximate surface area is 169 Å². The van der Waals surface area contributed by atoms with E-state index in [-0.39, 0.29) is 0 Å². The normalized spacial score (nSPS) is 11.5. The van der Waals surface area contributed by atoms with E-state index in [2.05, 4.69) is 6.92 Å². The summed E-state index contributed by atoms with van der Waals surface area (Å²) in [6, 6.07) is -1.29. The van der Waals surface area contributed by atoms with Gasteiger partial charge in [0.05, 0.1) is 6.42 Å². The summed E-state index contributed by atoms with van der Waals surface area (Å²) < 4.78 is 1.56. The van der Waals surface area contributed by atoms with Gasteiger partial charge < -0.3 is 15.9 Å². The smallest absolute Gasteiger partial charge is 0.321 e. The summed E-state index contributed by atoms with van der Waals surface area (Å²) >= 11 is 1.10. The Morgan fingerprint density at radius 3 is 1.59 bits per heavy atom. The topological polar surface area (TPSA) is 101 Å². The van der Waals surface area contributed by atoms with E-state index in [0.29, 0.717) is 0 Å². The van der Waals surface area contributed by atoms with Crippen LogP contribution < -0.4 is 5.73 Å². The Morgan fingerprint density at radius 1 is 0.909 bits per heavy atom. The van der Waals surface area contributed by atoms with Crippen LogP contribution in [0.15, 0.2) is 0 Å². The summed E-state index contributed by atoms with van der Waals surface area (Å²) in [5.41, 5.74) is 4.84. The summed E-state index contributed by atoms with van der Waals surface area (Å²) in [5, 5.41) is 16.0. The van der Waals surface area contributed by atoms with Crippen molar-refractivity contribution in [1.29, 1.82) is 0 Å². The van der Waals surface area contributed by atoms with E-state index >= 15 is 0 Å². The molecule has 0 aliphatic heterocycles. The van der Waals surface area contributed by atoms with Crippen molar-refractivity contribution in [1.82, 2.24) is 0 Å². The zero-order chi connectivity index (χ0) is 17.2. The van der Waals surface area contributed by atoms with E-state index in [9.17, 15) is 9.59 Å². The SMILES string of the molecule is CCCCCCCCCCC[CH2][K].NC(CC(=O)O)C(=O)O. The van der Waals surface area contributed by atoms with Crippen molar-refractivity contribution >= 4 is 60.9 Å². The van der Waals surface area contributed by atoms with Crippen molar-refractivity contribution in [2.24, 2.45) is 5.73 Å². The van der Waals surface area contributed by atoms with E-state index < -0.39 is 24.4 Å². The summed E-state index contributed by atoms with van der Waals surface area (Å²) in [5.74, 6) is -2.50. The molecule has 0 spiro atoms. The predicted octanol–water partition coefficient (Wildman–Crippen LogP) is 3.37. The van der Waals surface area contributed by atoms with E-state index in [1.54, 1.807) is 0.515 Å². The summed E-state index contributed by atoms with van der Waals surface area (Å²) in [6.45, 7) is 2.29. The fraction of sp³-hybridized carbons (Fsp3) is 0.875. The van der Waals surface area contributed by atoms with Gasteiger partial charge in [0.2, 0.25) is 0 Å². The van der Waals surface area contributed by atoms with E-state index in [0.717, 1.165) is 49.0 Å². The molecule has 0 aromatic rings. The second-order valence-corrected chi connectivity index (χ2v) is 7.29. The standard InChI is InChI=1S/C12H25.C4H7NO4.K/c1-3-5-7-9-11-12-10-8-6-4-2;5-2(4(8)9)1-3(6)7;/h1,3-12H2,2H3;2H,1,5H2,(H,6,7)(H,8,9);. The van der Waals surface area contributed by atoms with E-state index in [1.807, 2.05) is 0 Å². The quantitative estimate of drug-likeness (QED) is 0.352. The van der Waals surface area contributed by atoms with Gasteiger partial charge in [-0.25, -0.2) is 0 Å². The first-order valence-electron chi connectivity index (χ1n) is 8.65. The molecule has 1 unspecified atom stereocenters. The van der Waals surface area contributed by atoms with Gasteiger partial charge in [-0.3, -0.25) is 9.59 Å². The van der Waals surface area contributed by atoms with Gasteiger partial charge >= 0.3 is 133 Å². The molecule has 0 rings (SSSR count). The van der Waals surface area contributed by atoms with Crippen molar-refractivity contribution < 1.29 is 19.8 Å². The number of carboxylic acid groups (broad SMARTS) is 2. The Morgan fingerprint density at radius 2 is 1.32 bits per heavy atom. The zero-order valence-electron chi connectivity index (χ0n) is 14.4.